The number of rotatable bonds is 7. The van der Waals surface area contributed by atoms with E-state index in [9.17, 15) is 26.6 Å². The Balaban J connectivity index is 0.000000758. The first kappa shape index (κ1) is 24.2. The molecule has 0 heterocycles. The molecule has 0 bridgehead atoms. The third kappa shape index (κ3) is 8.56. The quantitative estimate of drug-likeness (QED) is 0.434. The Morgan fingerprint density at radius 2 is 1.81 bits per heavy atom. The molecule has 0 spiro atoms. The normalized spacial score (nSPS) is 10.5. The summed E-state index contributed by atoms with van der Waals surface area (Å²) >= 11 is -5.04. The number of nitrogens with zero attached hydrogens (tertiary/aromatic N) is 1. The molecule has 0 aliphatic heterocycles. The van der Waals surface area contributed by atoms with Gasteiger partial charge in [-0.25, -0.2) is 0 Å². The van der Waals surface area contributed by atoms with Crippen molar-refractivity contribution in [3.8, 4) is 5.75 Å². The zero-order valence-corrected chi connectivity index (χ0v) is 17.5. The monoisotopic (exact) mass is 433 g/mol. The molecule has 148 valence electrons. The SMILES string of the molecule is CCCCN(C(C)=O)c1cc([As](=O)(O)O)ccc1O.CCOC(=O)CC. The maximum absolute atomic E-state index is 11.6. The topological polar surface area (TPSA) is 124 Å². The molecule has 1 amide bonds. The number of phenols is 1. The standard InChI is InChI=1S/C12H18AsNO5.C5H10O2/c1-3-4-7-14(9(2)15)11-8-10(13(17,18)19)5-6-12(11)16;1-3-5(6)7-4-2/h5-6,8,16H,3-4,7H2,1-2H3,(H2,17,18,19);3-4H2,1-2H3. The summed E-state index contributed by atoms with van der Waals surface area (Å²) in [6, 6.07) is 3.57. The van der Waals surface area contributed by atoms with Crippen molar-refractivity contribution in [2.45, 2.75) is 47.0 Å². The second-order valence-corrected chi connectivity index (χ2v) is 8.77. The number of unbranched alkanes of at least 4 members (excludes halogenated alkanes) is 1. The average Bonchev–Trinajstić information content (AvgIpc) is 2.56. The number of carbonyl (C=O) groups excluding carboxylic acids is 2. The van der Waals surface area contributed by atoms with Crippen molar-refractivity contribution in [2.75, 3.05) is 18.1 Å². The molecule has 0 unspecified atom stereocenters. The number of aromatic hydroxyl groups is 1. The number of esters is 1. The first-order valence-corrected chi connectivity index (χ1v) is 11.8. The Morgan fingerprint density at radius 3 is 2.19 bits per heavy atom. The van der Waals surface area contributed by atoms with Crippen molar-refractivity contribution in [2.24, 2.45) is 0 Å². The third-order valence-electron chi connectivity index (χ3n) is 3.30. The van der Waals surface area contributed by atoms with Crippen molar-refractivity contribution in [3.63, 3.8) is 0 Å². The Kier molecular flexibility index (Phi) is 11.0. The minimum atomic E-state index is -5.04. The summed E-state index contributed by atoms with van der Waals surface area (Å²) in [4.78, 5) is 23.1. The van der Waals surface area contributed by atoms with E-state index in [0.29, 0.717) is 19.6 Å². The van der Waals surface area contributed by atoms with E-state index in [0.717, 1.165) is 12.8 Å². The number of ether oxygens (including phenoxy) is 1. The van der Waals surface area contributed by atoms with Gasteiger partial charge in [0.05, 0.1) is 6.61 Å². The van der Waals surface area contributed by atoms with E-state index in [1.807, 2.05) is 6.92 Å². The molecule has 1 rings (SSSR count). The largest absolute Gasteiger partial charge is 0.466 e. The van der Waals surface area contributed by atoms with Crippen LogP contribution < -0.4 is 9.25 Å². The van der Waals surface area contributed by atoms with E-state index >= 15 is 0 Å². The molecular weight excluding hydrogens is 405 g/mol. The number of amides is 1. The summed E-state index contributed by atoms with van der Waals surface area (Å²) in [5.74, 6) is -0.569. The van der Waals surface area contributed by atoms with Crippen molar-refractivity contribution >= 4 is 36.1 Å². The minimum absolute atomic E-state index is 0.123. The number of anilines is 1. The van der Waals surface area contributed by atoms with Gasteiger partial charge in [-0.05, 0) is 6.92 Å². The molecule has 0 atom stereocenters. The molecule has 0 aromatic heterocycles. The molecule has 3 N–H and O–H groups in total. The van der Waals surface area contributed by atoms with Gasteiger partial charge in [0.25, 0.3) is 0 Å². The maximum Gasteiger partial charge on any atom is 0.305 e. The zero-order chi connectivity index (χ0) is 20.3. The summed E-state index contributed by atoms with van der Waals surface area (Å²) in [6.45, 7) is 7.78. The summed E-state index contributed by atoms with van der Waals surface area (Å²) in [5, 5.41) is 9.78. The molecule has 0 radical (unpaired) electrons. The molecule has 0 saturated heterocycles. The van der Waals surface area contributed by atoms with Crippen molar-refractivity contribution < 1.29 is 31.4 Å². The predicted octanol–water partition coefficient (Wildman–Crippen LogP) is 1.07. The van der Waals surface area contributed by atoms with Crippen LogP contribution in [-0.4, -0.2) is 52.5 Å². The van der Waals surface area contributed by atoms with Crippen LogP contribution in [0.4, 0.5) is 5.69 Å². The van der Waals surface area contributed by atoms with Crippen LogP contribution in [0.2, 0.25) is 0 Å². The first-order chi connectivity index (χ1) is 12.1. The molecule has 1 aromatic carbocycles. The van der Waals surface area contributed by atoms with E-state index in [4.69, 9.17) is 0 Å². The Hall–Kier alpha value is -1.76. The second-order valence-electron chi connectivity index (χ2n) is 5.40. The van der Waals surface area contributed by atoms with Gasteiger partial charge < -0.3 is 4.74 Å². The van der Waals surface area contributed by atoms with Crippen LogP contribution in [0.5, 0.6) is 5.75 Å². The van der Waals surface area contributed by atoms with Crippen LogP contribution in [0.15, 0.2) is 18.2 Å². The zero-order valence-electron chi connectivity index (χ0n) is 15.6. The molecular formula is C17H28AsNO7. The van der Waals surface area contributed by atoms with Gasteiger partial charge >= 0.3 is 120 Å². The summed E-state index contributed by atoms with van der Waals surface area (Å²) in [5.41, 5.74) is 0.142. The van der Waals surface area contributed by atoms with Crippen molar-refractivity contribution in [1.29, 1.82) is 0 Å². The summed E-state index contributed by atoms with van der Waals surface area (Å²) in [6.07, 6.45) is 2.09. The van der Waals surface area contributed by atoms with Gasteiger partial charge in [0.2, 0.25) is 0 Å². The van der Waals surface area contributed by atoms with Gasteiger partial charge in [-0.15, -0.1) is 0 Å². The van der Waals surface area contributed by atoms with Crippen LogP contribution in [0.3, 0.4) is 0 Å². The van der Waals surface area contributed by atoms with Gasteiger partial charge in [0.1, 0.15) is 0 Å². The minimum Gasteiger partial charge on any atom is -0.466 e. The van der Waals surface area contributed by atoms with Gasteiger partial charge in [-0.3, -0.25) is 4.79 Å². The van der Waals surface area contributed by atoms with E-state index in [1.54, 1.807) is 13.8 Å². The molecule has 0 aliphatic rings. The maximum atomic E-state index is 11.6. The number of hydrogen-bond donors (Lipinski definition) is 3. The van der Waals surface area contributed by atoms with E-state index in [1.165, 1.54) is 30.0 Å². The number of carbonyl (C=O) groups is 2. The summed E-state index contributed by atoms with van der Waals surface area (Å²) < 4.78 is 34.0. The predicted molar refractivity (Wildman–Crippen MR) is 98.5 cm³/mol. The Morgan fingerprint density at radius 1 is 1.19 bits per heavy atom. The van der Waals surface area contributed by atoms with Crippen molar-refractivity contribution in [3.05, 3.63) is 18.2 Å². The van der Waals surface area contributed by atoms with Gasteiger partial charge in [-0.1, -0.05) is 6.92 Å². The van der Waals surface area contributed by atoms with Crippen LogP contribution >= 0.6 is 0 Å². The molecule has 0 fully saturated rings. The van der Waals surface area contributed by atoms with Crippen LogP contribution in [0, 0.1) is 0 Å². The fourth-order valence-corrected chi connectivity index (χ4v) is 3.11. The second kappa shape index (κ2) is 11.8. The third-order valence-corrected chi connectivity index (χ3v) is 5.29. The van der Waals surface area contributed by atoms with Gasteiger partial charge in [0.15, 0.2) is 0 Å². The fraction of sp³-hybridized carbons (Fsp3) is 0.529. The smallest absolute Gasteiger partial charge is 0.305 e. The summed E-state index contributed by atoms with van der Waals surface area (Å²) in [7, 11) is 0. The molecule has 8 nitrogen and oxygen atoms in total. The van der Waals surface area contributed by atoms with Crippen molar-refractivity contribution in [1.82, 2.24) is 0 Å². The Labute approximate surface area is 156 Å². The van der Waals surface area contributed by atoms with E-state index in [-0.39, 0.29) is 27.7 Å². The van der Waals surface area contributed by atoms with Gasteiger partial charge in [-0.2, -0.15) is 0 Å². The first-order valence-electron chi connectivity index (χ1n) is 8.41. The van der Waals surface area contributed by atoms with E-state index in [2.05, 4.69) is 4.74 Å². The fourth-order valence-electron chi connectivity index (χ4n) is 1.94. The number of benzene rings is 1. The number of phenolic OH excluding ortho intramolecular Hbond substituents is 1. The molecule has 1 aromatic rings. The molecule has 0 saturated carbocycles. The Bertz CT molecular complexity index is 642. The van der Waals surface area contributed by atoms with Gasteiger partial charge in [0, 0.05) is 6.42 Å². The average molecular weight is 433 g/mol. The molecule has 26 heavy (non-hydrogen) atoms. The van der Waals surface area contributed by atoms with Crippen LogP contribution in [0.25, 0.3) is 0 Å². The van der Waals surface area contributed by atoms with E-state index < -0.39 is 14.2 Å². The molecule has 9 heteroatoms. The van der Waals surface area contributed by atoms with Crippen LogP contribution in [-0.2, 0) is 18.1 Å². The molecule has 0 aliphatic carbocycles. The van der Waals surface area contributed by atoms with Crippen LogP contribution in [0.1, 0.15) is 47.0 Å². The number of hydrogen-bond acceptors (Lipinski definition) is 5.